The van der Waals surface area contributed by atoms with E-state index in [1.807, 2.05) is 26.8 Å². The van der Waals surface area contributed by atoms with Crippen molar-refractivity contribution in [3.8, 4) is 0 Å². The number of rotatable bonds is 4. The third-order valence-electron chi connectivity index (χ3n) is 5.52. The summed E-state index contributed by atoms with van der Waals surface area (Å²) in [5.74, 6) is 0.961. The van der Waals surface area contributed by atoms with Crippen LogP contribution < -0.4 is 4.90 Å². The minimum Gasteiger partial charge on any atom is -0.464 e. The van der Waals surface area contributed by atoms with Crippen molar-refractivity contribution in [2.75, 3.05) is 57.8 Å². The van der Waals surface area contributed by atoms with Crippen molar-refractivity contribution in [1.82, 2.24) is 20.0 Å². The first kappa shape index (κ1) is 22.3. The quantitative estimate of drug-likeness (QED) is 0.685. The molecule has 0 saturated carbocycles. The van der Waals surface area contributed by atoms with E-state index in [4.69, 9.17) is 4.74 Å². The first-order valence-corrected chi connectivity index (χ1v) is 10.6. The van der Waals surface area contributed by atoms with E-state index < -0.39 is 11.6 Å². The zero-order valence-electron chi connectivity index (χ0n) is 18.5. The number of carbonyl (C=O) groups excluding carboxylic acids is 2. The van der Waals surface area contributed by atoms with Crippen molar-refractivity contribution < 1.29 is 19.1 Å². The highest BCUT2D eigenvalue weighted by Crippen LogP contribution is 2.23. The summed E-state index contributed by atoms with van der Waals surface area (Å²) in [6.07, 6.45) is 1.97. The van der Waals surface area contributed by atoms with E-state index in [1.54, 1.807) is 11.0 Å². The number of anilines is 1. The van der Waals surface area contributed by atoms with Crippen molar-refractivity contribution >= 4 is 17.9 Å². The van der Waals surface area contributed by atoms with Crippen LogP contribution in [-0.2, 0) is 9.47 Å². The summed E-state index contributed by atoms with van der Waals surface area (Å²) in [5, 5.41) is 8.14. The normalized spacial score (nSPS) is 18.9. The summed E-state index contributed by atoms with van der Waals surface area (Å²) in [6, 6.07) is 3.49. The minimum absolute atomic E-state index is 0.213. The van der Waals surface area contributed by atoms with Crippen LogP contribution in [0.3, 0.4) is 0 Å². The Bertz CT molecular complexity index is 718. The van der Waals surface area contributed by atoms with Gasteiger partial charge in [0.25, 0.3) is 0 Å². The molecule has 1 aromatic rings. The van der Waals surface area contributed by atoms with Crippen LogP contribution in [0.1, 0.15) is 44.1 Å². The van der Waals surface area contributed by atoms with Gasteiger partial charge in [-0.3, -0.25) is 4.90 Å². The maximum atomic E-state index is 12.2. The second-order valence-electron chi connectivity index (χ2n) is 8.97. The number of carbonyl (C=O) groups is 2. The zero-order valence-corrected chi connectivity index (χ0v) is 18.5. The summed E-state index contributed by atoms with van der Waals surface area (Å²) in [5.41, 5.74) is -0.228. The van der Waals surface area contributed by atoms with Gasteiger partial charge in [0.05, 0.1) is 7.11 Å². The van der Waals surface area contributed by atoms with E-state index in [9.17, 15) is 9.59 Å². The van der Waals surface area contributed by atoms with Crippen LogP contribution in [0.2, 0.25) is 0 Å². The molecule has 1 aromatic heterocycles. The maximum Gasteiger partial charge on any atom is 0.410 e. The first-order valence-electron chi connectivity index (χ1n) is 10.6. The predicted octanol–water partition coefficient (Wildman–Crippen LogP) is 2.03. The van der Waals surface area contributed by atoms with Gasteiger partial charge in [-0.15, -0.1) is 10.2 Å². The van der Waals surface area contributed by atoms with Crippen LogP contribution >= 0.6 is 0 Å². The molecule has 0 atom stereocenters. The van der Waals surface area contributed by atoms with E-state index in [0.717, 1.165) is 64.5 Å². The van der Waals surface area contributed by atoms with Crippen molar-refractivity contribution in [3.63, 3.8) is 0 Å². The van der Waals surface area contributed by atoms with Crippen molar-refractivity contribution in [2.24, 2.45) is 5.92 Å². The van der Waals surface area contributed by atoms with Crippen LogP contribution in [0.15, 0.2) is 12.1 Å². The lowest BCUT2D eigenvalue weighted by atomic mass is 9.96. The summed E-state index contributed by atoms with van der Waals surface area (Å²) < 4.78 is 10.1. The Balaban J connectivity index is 1.40. The highest BCUT2D eigenvalue weighted by Gasteiger charge is 2.28. The molecule has 166 valence electrons. The number of piperazine rings is 1. The predicted molar refractivity (Wildman–Crippen MR) is 113 cm³/mol. The molecular formula is C21H33N5O4. The lowest BCUT2D eigenvalue weighted by Gasteiger charge is -2.39. The van der Waals surface area contributed by atoms with E-state index in [0.29, 0.717) is 5.92 Å². The molecule has 0 spiro atoms. The lowest BCUT2D eigenvalue weighted by Crippen LogP contribution is -2.51. The summed E-state index contributed by atoms with van der Waals surface area (Å²) in [7, 11) is 1.33. The fraction of sp³-hybridized carbons (Fsp3) is 0.714. The van der Waals surface area contributed by atoms with Crippen LogP contribution in [0, 0.1) is 5.92 Å². The average molecular weight is 420 g/mol. The Morgan fingerprint density at radius 2 is 1.70 bits per heavy atom. The maximum absolute atomic E-state index is 12.2. The number of piperidine rings is 1. The van der Waals surface area contributed by atoms with Crippen LogP contribution in [-0.4, -0.2) is 90.6 Å². The number of ether oxygens (including phenoxy) is 2. The second kappa shape index (κ2) is 9.59. The number of aromatic nitrogens is 2. The molecule has 2 aliphatic rings. The molecule has 30 heavy (non-hydrogen) atoms. The van der Waals surface area contributed by atoms with Gasteiger partial charge in [-0.1, -0.05) is 0 Å². The van der Waals surface area contributed by atoms with Crippen LogP contribution in [0.5, 0.6) is 0 Å². The van der Waals surface area contributed by atoms with Gasteiger partial charge in [-0.2, -0.15) is 0 Å². The van der Waals surface area contributed by atoms with Crippen molar-refractivity contribution in [1.29, 1.82) is 0 Å². The summed E-state index contributed by atoms with van der Waals surface area (Å²) >= 11 is 0. The molecule has 0 radical (unpaired) electrons. The van der Waals surface area contributed by atoms with E-state index in [1.165, 1.54) is 7.11 Å². The highest BCUT2D eigenvalue weighted by molar-refractivity contribution is 5.86. The van der Waals surface area contributed by atoms with Gasteiger partial charge >= 0.3 is 12.1 Å². The number of hydrogen-bond donors (Lipinski definition) is 0. The lowest BCUT2D eigenvalue weighted by molar-refractivity contribution is 0.0130. The van der Waals surface area contributed by atoms with Crippen molar-refractivity contribution in [2.45, 2.75) is 39.2 Å². The average Bonchev–Trinajstić information content (AvgIpc) is 2.73. The highest BCUT2D eigenvalue weighted by atomic mass is 16.6. The Hall–Kier alpha value is -2.42. The first-order chi connectivity index (χ1) is 14.2. The number of methoxy groups -OCH3 is 1. The molecule has 0 aliphatic carbocycles. The van der Waals surface area contributed by atoms with E-state index >= 15 is 0 Å². The smallest absolute Gasteiger partial charge is 0.410 e. The van der Waals surface area contributed by atoms with Crippen LogP contribution in [0.25, 0.3) is 0 Å². The van der Waals surface area contributed by atoms with Gasteiger partial charge in [0.2, 0.25) is 0 Å². The fourth-order valence-corrected chi connectivity index (χ4v) is 3.86. The van der Waals surface area contributed by atoms with Gasteiger partial charge in [0.15, 0.2) is 11.5 Å². The Morgan fingerprint density at radius 3 is 2.23 bits per heavy atom. The summed E-state index contributed by atoms with van der Waals surface area (Å²) in [4.78, 5) is 30.2. The Labute approximate surface area is 178 Å². The Kier molecular flexibility index (Phi) is 7.12. The Morgan fingerprint density at radius 1 is 1.03 bits per heavy atom. The topological polar surface area (TPSA) is 88.1 Å². The molecule has 0 bridgehead atoms. The number of nitrogens with zero attached hydrogens (tertiary/aromatic N) is 5. The second-order valence-corrected chi connectivity index (χ2v) is 8.97. The van der Waals surface area contributed by atoms with Gasteiger partial charge < -0.3 is 19.3 Å². The molecule has 0 unspecified atom stereocenters. The minimum atomic E-state index is -0.473. The molecule has 0 aromatic carbocycles. The molecular weight excluding hydrogens is 386 g/mol. The van der Waals surface area contributed by atoms with Gasteiger partial charge in [0.1, 0.15) is 5.60 Å². The SMILES string of the molecule is COC(=O)c1ccc(N2CCC(CN3CCN(C(=O)OC(C)(C)C)CC3)CC2)nn1. The number of esters is 1. The zero-order chi connectivity index (χ0) is 21.7. The number of hydrogen-bond acceptors (Lipinski definition) is 8. The molecule has 3 heterocycles. The molecule has 0 N–H and O–H groups in total. The van der Waals surface area contributed by atoms with Gasteiger partial charge in [0, 0.05) is 45.8 Å². The molecule has 2 aliphatic heterocycles. The molecule has 1 amide bonds. The summed E-state index contributed by atoms with van der Waals surface area (Å²) in [6.45, 7) is 11.8. The molecule has 9 heteroatoms. The van der Waals surface area contributed by atoms with Crippen molar-refractivity contribution in [3.05, 3.63) is 17.8 Å². The molecule has 3 rings (SSSR count). The third-order valence-corrected chi connectivity index (χ3v) is 5.52. The molecule has 2 saturated heterocycles. The fourth-order valence-electron chi connectivity index (χ4n) is 3.86. The molecule has 2 fully saturated rings. The standard InChI is InChI=1S/C21H33N5O4/c1-21(2,3)30-20(28)26-13-11-24(12-14-26)15-16-7-9-25(10-8-16)18-6-5-17(22-23-18)19(27)29-4/h5-6,16H,7-15H2,1-4H3. The van der Waals surface area contributed by atoms with Gasteiger partial charge in [-0.25, -0.2) is 9.59 Å². The molecule has 9 nitrogen and oxygen atoms in total. The van der Waals surface area contributed by atoms with Gasteiger partial charge in [-0.05, 0) is 51.7 Å². The van der Waals surface area contributed by atoms with E-state index in [-0.39, 0.29) is 11.8 Å². The monoisotopic (exact) mass is 419 g/mol. The largest absolute Gasteiger partial charge is 0.464 e. The number of amides is 1. The third kappa shape index (κ3) is 6.04. The van der Waals surface area contributed by atoms with Crippen LogP contribution in [0.4, 0.5) is 10.6 Å². The van der Waals surface area contributed by atoms with E-state index in [2.05, 4.69) is 24.7 Å².